The Labute approximate surface area is 157 Å². The first-order valence-corrected chi connectivity index (χ1v) is 8.94. The predicted molar refractivity (Wildman–Crippen MR) is 111 cm³/mol. The standard InChI is InChI=1S/C24H18N2O/c1-27-18-12-10-16(11-13-18)23-14-17-6-2-3-7-19(17)24(26-23)21-15-25-22-9-5-4-8-20(21)22/h2-15,25H,1H3. The summed E-state index contributed by atoms with van der Waals surface area (Å²) in [6.07, 6.45) is 2.05. The lowest BCUT2D eigenvalue weighted by Crippen LogP contribution is -1.91. The Kier molecular flexibility index (Phi) is 3.65. The maximum Gasteiger partial charge on any atom is 0.118 e. The molecule has 0 saturated carbocycles. The van der Waals surface area contributed by atoms with Crippen LogP contribution in [0.5, 0.6) is 5.75 Å². The van der Waals surface area contributed by atoms with Crippen LogP contribution in [0, 0.1) is 0 Å². The van der Waals surface area contributed by atoms with Gasteiger partial charge in [0.25, 0.3) is 0 Å². The molecule has 0 amide bonds. The highest BCUT2D eigenvalue weighted by Crippen LogP contribution is 2.35. The van der Waals surface area contributed by atoms with Gasteiger partial charge in [-0.05, 0) is 41.8 Å². The van der Waals surface area contributed by atoms with Crippen molar-refractivity contribution < 1.29 is 4.74 Å². The molecule has 5 aromatic rings. The summed E-state index contributed by atoms with van der Waals surface area (Å²) in [7, 11) is 1.68. The molecule has 3 heteroatoms. The van der Waals surface area contributed by atoms with Crippen molar-refractivity contribution in [2.45, 2.75) is 0 Å². The first-order chi connectivity index (χ1) is 13.3. The van der Waals surface area contributed by atoms with E-state index in [2.05, 4.69) is 71.8 Å². The summed E-state index contributed by atoms with van der Waals surface area (Å²) in [5.41, 5.74) is 5.26. The van der Waals surface area contributed by atoms with Crippen molar-refractivity contribution in [2.24, 2.45) is 0 Å². The Bertz CT molecular complexity index is 1250. The summed E-state index contributed by atoms with van der Waals surface area (Å²) < 4.78 is 5.28. The number of methoxy groups -OCH3 is 1. The van der Waals surface area contributed by atoms with Crippen LogP contribution in [0.4, 0.5) is 0 Å². The van der Waals surface area contributed by atoms with Gasteiger partial charge in [0.05, 0.1) is 18.5 Å². The molecule has 2 heterocycles. The minimum atomic E-state index is 0.844. The van der Waals surface area contributed by atoms with E-state index in [-0.39, 0.29) is 0 Å². The van der Waals surface area contributed by atoms with Gasteiger partial charge in [-0.1, -0.05) is 42.5 Å². The number of hydrogen-bond acceptors (Lipinski definition) is 2. The molecular weight excluding hydrogens is 332 g/mol. The highest BCUT2D eigenvalue weighted by atomic mass is 16.5. The second-order valence-corrected chi connectivity index (χ2v) is 6.55. The number of H-pyrrole nitrogens is 1. The topological polar surface area (TPSA) is 37.9 Å². The van der Waals surface area contributed by atoms with E-state index >= 15 is 0 Å². The zero-order chi connectivity index (χ0) is 18.2. The van der Waals surface area contributed by atoms with Crippen LogP contribution in [0.2, 0.25) is 0 Å². The third-order valence-corrected chi connectivity index (χ3v) is 4.97. The molecule has 5 rings (SSSR count). The number of nitrogens with zero attached hydrogens (tertiary/aromatic N) is 1. The van der Waals surface area contributed by atoms with E-state index in [1.54, 1.807) is 7.11 Å². The van der Waals surface area contributed by atoms with Gasteiger partial charge < -0.3 is 9.72 Å². The second-order valence-electron chi connectivity index (χ2n) is 6.55. The summed E-state index contributed by atoms with van der Waals surface area (Å²) in [6.45, 7) is 0. The van der Waals surface area contributed by atoms with Crippen LogP contribution in [0.1, 0.15) is 0 Å². The molecule has 0 unspecified atom stereocenters. The number of nitrogens with one attached hydrogen (secondary N) is 1. The molecule has 0 aliphatic heterocycles. The molecule has 1 N–H and O–H groups in total. The number of pyridine rings is 1. The number of aromatic nitrogens is 2. The summed E-state index contributed by atoms with van der Waals surface area (Å²) >= 11 is 0. The number of rotatable bonds is 3. The molecular formula is C24H18N2O. The molecule has 0 bridgehead atoms. The van der Waals surface area contributed by atoms with Crippen LogP contribution in [0.25, 0.3) is 44.2 Å². The van der Waals surface area contributed by atoms with Crippen molar-refractivity contribution in [1.29, 1.82) is 0 Å². The first kappa shape index (κ1) is 15.6. The van der Waals surface area contributed by atoms with Gasteiger partial charge in [-0.2, -0.15) is 0 Å². The molecule has 3 aromatic carbocycles. The third-order valence-electron chi connectivity index (χ3n) is 4.97. The fourth-order valence-electron chi connectivity index (χ4n) is 3.58. The number of benzene rings is 3. The molecule has 2 aromatic heterocycles. The van der Waals surface area contributed by atoms with Crippen molar-refractivity contribution in [1.82, 2.24) is 9.97 Å². The molecule has 0 radical (unpaired) electrons. The average Bonchev–Trinajstić information content (AvgIpc) is 3.17. The third kappa shape index (κ3) is 2.64. The van der Waals surface area contributed by atoms with Crippen molar-refractivity contribution in [2.75, 3.05) is 7.11 Å². The van der Waals surface area contributed by atoms with Crippen molar-refractivity contribution in [3.05, 3.63) is 85.1 Å². The highest BCUT2D eigenvalue weighted by molar-refractivity contribution is 6.04. The number of ether oxygens (including phenoxy) is 1. The van der Waals surface area contributed by atoms with Gasteiger partial charge in [-0.15, -0.1) is 0 Å². The molecule has 0 aliphatic carbocycles. The van der Waals surface area contributed by atoms with E-state index in [4.69, 9.17) is 9.72 Å². The lowest BCUT2D eigenvalue weighted by Gasteiger charge is -2.10. The van der Waals surface area contributed by atoms with Gasteiger partial charge in [0.15, 0.2) is 0 Å². The number of aromatic amines is 1. The SMILES string of the molecule is COc1ccc(-c2cc3ccccc3c(-c3c[nH]c4ccccc34)n2)cc1. The molecule has 130 valence electrons. The summed E-state index contributed by atoms with van der Waals surface area (Å²) in [6, 6.07) is 26.9. The second kappa shape index (κ2) is 6.29. The predicted octanol–water partition coefficient (Wildman–Crippen LogP) is 6.06. The smallest absolute Gasteiger partial charge is 0.118 e. The normalized spacial score (nSPS) is 11.1. The Balaban J connectivity index is 1.78. The average molecular weight is 350 g/mol. The van der Waals surface area contributed by atoms with Crippen LogP contribution in [0.3, 0.4) is 0 Å². The van der Waals surface area contributed by atoms with Crippen LogP contribution in [-0.2, 0) is 0 Å². The monoisotopic (exact) mass is 350 g/mol. The number of fused-ring (bicyclic) bond motifs is 2. The van der Waals surface area contributed by atoms with E-state index in [1.165, 1.54) is 10.8 Å². The largest absolute Gasteiger partial charge is 0.497 e. The molecule has 27 heavy (non-hydrogen) atoms. The minimum Gasteiger partial charge on any atom is -0.497 e. The molecule has 3 nitrogen and oxygen atoms in total. The van der Waals surface area contributed by atoms with E-state index in [0.717, 1.165) is 39.2 Å². The van der Waals surface area contributed by atoms with Gasteiger partial charge in [0, 0.05) is 33.6 Å². The van der Waals surface area contributed by atoms with Gasteiger partial charge in [-0.25, -0.2) is 4.98 Å². The molecule has 0 saturated heterocycles. The molecule has 0 aliphatic rings. The number of hydrogen-bond donors (Lipinski definition) is 1. The zero-order valence-electron chi connectivity index (χ0n) is 14.9. The Morgan fingerprint density at radius 1 is 0.815 bits per heavy atom. The fourth-order valence-corrected chi connectivity index (χ4v) is 3.58. The summed E-state index contributed by atoms with van der Waals surface area (Å²) in [4.78, 5) is 8.43. The van der Waals surface area contributed by atoms with Crippen molar-refractivity contribution in [3.63, 3.8) is 0 Å². The van der Waals surface area contributed by atoms with Gasteiger partial charge in [-0.3, -0.25) is 0 Å². The van der Waals surface area contributed by atoms with Gasteiger partial charge in [0.2, 0.25) is 0 Å². The van der Waals surface area contributed by atoms with E-state index < -0.39 is 0 Å². The van der Waals surface area contributed by atoms with Crippen LogP contribution < -0.4 is 4.74 Å². The number of para-hydroxylation sites is 1. The Morgan fingerprint density at radius 2 is 1.56 bits per heavy atom. The zero-order valence-corrected chi connectivity index (χ0v) is 14.9. The van der Waals surface area contributed by atoms with E-state index in [1.807, 2.05) is 18.2 Å². The fraction of sp³-hybridized carbons (Fsp3) is 0.0417. The van der Waals surface area contributed by atoms with Gasteiger partial charge >= 0.3 is 0 Å². The molecule has 0 spiro atoms. The Morgan fingerprint density at radius 3 is 2.37 bits per heavy atom. The van der Waals surface area contributed by atoms with Crippen LogP contribution in [0.15, 0.2) is 85.1 Å². The van der Waals surface area contributed by atoms with Crippen LogP contribution in [-0.4, -0.2) is 17.1 Å². The van der Waals surface area contributed by atoms with Crippen molar-refractivity contribution >= 4 is 21.7 Å². The lowest BCUT2D eigenvalue weighted by atomic mass is 10.0. The molecule has 0 atom stereocenters. The quantitative estimate of drug-likeness (QED) is 0.429. The minimum absolute atomic E-state index is 0.844. The maximum atomic E-state index is 5.28. The molecule has 0 fully saturated rings. The summed E-state index contributed by atoms with van der Waals surface area (Å²) in [5, 5.41) is 3.51. The first-order valence-electron chi connectivity index (χ1n) is 8.94. The van der Waals surface area contributed by atoms with E-state index in [0.29, 0.717) is 0 Å². The summed E-state index contributed by atoms with van der Waals surface area (Å²) in [5.74, 6) is 0.844. The van der Waals surface area contributed by atoms with E-state index in [9.17, 15) is 0 Å². The van der Waals surface area contributed by atoms with Crippen molar-refractivity contribution in [3.8, 4) is 28.3 Å². The van der Waals surface area contributed by atoms with Gasteiger partial charge in [0.1, 0.15) is 5.75 Å². The Hall–Kier alpha value is -3.59. The lowest BCUT2D eigenvalue weighted by molar-refractivity contribution is 0.415. The van der Waals surface area contributed by atoms with Crippen LogP contribution >= 0.6 is 0 Å². The highest BCUT2D eigenvalue weighted by Gasteiger charge is 2.13. The maximum absolute atomic E-state index is 5.28.